The van der Waals surface area contributed by atoms with Crippen LogP contribution in [0.1, 0.15) is 89.5 Å². The molecular formula is C28H45NO8. The average Bonchev–Trinajstić information content (AvgIpc) is 2.91. The number of aliphatic hydroxyl groups excluding tert-OH is 2. The Hall–Kier alpha value is -2.65. The van der Waals surface area contributed by atoms with Crippen molar-refractivity contribution in [2.24, 2.45) is 0 Å². The van der Waals surface area contributed by atoms with Crippen molar-refractivity contribution in [2.75, 3.05) is 19.8 Å². The molecule has 0 fully saturated rings. The Kier molecular flexibility index (Phi) is 18.8. The molecular weight excluding hydrogens is 478 g/mol. The van der Waals surface area contributed by atoms with Crippen LogP contribution in [-0.2, 0) is 30.4 Å². The first-order chi connectivity index (χ1) is 18.0. The van der Waals surface area contributed by atoms with Crippen LogP contribution < -0.4 is 5.32 Å². The summed E-state index contributed by atoms with van der Waals surface area (Å²) in [7, 11) is 0. The molecule has 0 spiro atoms. The highest BCUT2D eigenvalue weighted by Crippen LogP contribution is 2.12. The van der Waals surface area contributed by atoms with E-state index in [1.807, 2.05) is 6.07 Å². The quantitative estimate of drug-likeness (QED) is 0.123. The molecule has 0 aliphatic carbocycles. The molecule has 0 aliphatic rings. The summed E-state index contributed by atoms with van der Waals surface area (Å²) < 4.78 is 15.0. The minimum Gasteiger partial charge on any atom is -0.463 e. The Labute approximate surface area is 220 Å². The summed E-state index contributed by atoms with van der Waals surface area (Å²) >= 11 is 0. The molecule has 1 aromatic carbocycles. The first kappa shape index (κ1) is 32.4. The van der Waals surface area contributed by atoms with Gasteiger partial charge in [-0.25, -0.2) is 9.59 Å². The smallest absolute Gasteiger partial charge is 0.408 e. The SMILES string of the molecule is CCCCCCCCCCCCCC(=O)OCC(O)COC(=O)[C@H](CO)NC(=O)OCc1ccccc1. The zero-order valence-corrected chi connectivity index (χ0v) is 22.2. The molecule has 2 atom stereocenters. The van der Waals surface area contributed by atoms with Gasteiger partial charge in [0.05, 0.1) is 6.61 Å². The van der Waals surface area contributed by atoms with E-state index in [9.17, 15) is 24.6 Å². The van der Waals surface area contributed by atoms with Crippen LogP contribution in [0.3, 0.4) is 0 Å². The number of benzene rings is 1. The zero-order chi connectivity index (χ0) is 27.1. The number of amides is 1. The van der Waals surface area contributed by atoms with E-state index in [0.29, 0.717) is 0 Å². The molecule has 1 unspecified atom stereocenters. The summed E-state index contributed by atoms with van der Waals surface area (Å²) in [5.41, 5.74) is 0.766. The number of hydrogen-bond donors (Lipinski definition) is 3. The molecule has 0 bridgehead atoms. The molecule has 0 aliphatic heterocycles. The molecule has 1 rings (SSSR count). The standard InChI is InChI=1S/C28H45NO8/c1-2-3-4-5-6-7-8-9-10-11-15-18-26(32)35-21-24(31)22-36-27(33)25(19-30)29-28(34)37-20-23-16-13-12-14-17-23/h12-14,16-17,24-25,30-31H,2-11,15,18-22H2,1H3,(H,29,34)/t24?,25-/m0/s1. The predicted octanol–water partition coefficient (Wildman–Crippen LogP) is 4.42. The van der Waals surface area contributed by atoms with Gasteiger partial charge < -0.3 is 29.7 Å². The zero-order valence-electron chi connectivity index (χ0n) is 22.2. The maximum absolute atomic E-state index is 12.1. The van der Waals surface area contributed by atoms with Crippen LogP contribution in [-0.4, -0.2) is 60.2 Å². The molecule has 0 heterocycles. The van der Waals surface area contributed by atoms with Gasteiger partial charge in [0.1, 0.15) is 25.9 Å². The van der Waals surface area contributed by atoms with Crippen molar-refractivity contribution in [1.82, 2.24) is 5.32 Å². The maximum Gasteiger partial charge on any atom is 0.408 e. The predicted molar refractivity (Wildman–Crippen MR) is 140 cm³/mol. The average molecular weight is 524 g/mol. The summed E-state index contributed by atoms with van der Waals surface area (Å²) in [6, 6.07) is 7.63. The normalized spacial score (nSPS) is 12.4. The summed E-state index contributed by atoms with van der Waals surface area (Å²) in [6.07, 6.45) is 11.3. The third kappa shape index (κ3) is 17.4. The van der Waals surface area contributed by atoms with Gasteiger partial charge in [-0.05, 0) is 12.0 Å². The van der Waals surface area contributed by atoms with E-state index in [-0.39, 0.29) is 19.6 Å². The van der Waals surface area contributed by atoms with Crippen LogP contribution in [0, 0.1) is 0 Å². The summed E-state index contributed by atoms with van der Waals surface area (Å²) in [5.74, 6) is -1.34. The van der Waals surface area contributed by atoms with E-state index >= 15 is 0 Å². The largest absolute Gasteiger partial charge is 0.463 e. The topological polar surface area (TPSA) is 131 Å². The van der Waals surface area contributed by atoms with Crippen LogP contribution in [0.2, 0.25) is 0 Å². The number of nitrogens with one attached hydrogen (secondary N) is 1. The Balaban J connectivity index is 2.08. The van der Waals surface area contributed by atoms with E-state index in [2.05, 4.69) is 12.2 Å². The number of carbonyl (C=O) groups is 3. The molecule has 0 aromatic heterocycles. The number of hydrogen-bond acceptors (Lipinski definition) is 8. The van der Waals surface area contributed by atoms with Crippen molar-refractivity contribution in [3.05, 3.63) is 35.9 Å². The van der Waals surface area contributed by atoms with Crippen LogP contribution in [0.25, 0.3) is 0 Å². The van der Waals surface area contributed by atoms with Crippen molar-refractivity contribution in [1.29, 1.82) is 0 Å². The van der Waals surface area contributed by atoms with Gasteiger partial charge >= 0.3 is 18.0 Å². The fourth-order valence-corrected chi connectivity index (χ4v) is 3.61. The summed E-state index contributed by atoms with van der Waals surface area (Å²) in [5, 5.41) is 21.5. The Morgan fingerprint density at radius 3 is 1.97 bits per heavy atom. The first-order valence-electron chi connectivity index (χ1n) is 13.5. The number of ether oxygens (including phenoxy) is 3. The number of unbranched alkanes of at least 4 members (excludes halogenated alkanes) is 10. The van der Waals surface area contributed by atoms with Crippen molar-refractivity contribution >= 4 is 18.0 Å². The van der Waals surface area contributed by atoms with E-state index in [1.165, 1.54) is 51.4 Å². The van der Waals surface area contributed by atoms with Crippen molar-refractivity contribution in [3.8, 4) is 0 Å². The third-order valence-corrected chi connectivity index (χ3v) is 5.81. The molecule has 9 heteroatoms. The number of alkyl carbamates (subject to hydrolysis) is 1. The van der Waals surface area contributed by atoms with Gasteiger partial charge in [-0.15, -0.1) is 0 Å². The minimum absolute atomic E-state index is 0.00312. The first-order valence-corrected chi connectivity index (χ1v) is 13.5. The molecule has 9 nitrogen and oxygen atoms in total. The lowest BCUT2D eigenvalue weighted by Crippen LogP contribution is -2.45. The maximum atomic E-state index is 12.1. The molecule has 0 saturated carbocycles. The van der Waals surface area contributed by atoms with Gasteiger partial charge in [0.2, 0.25) is 0 Å². The molecule has 3 N–H and O–H groups in total. The van der Waals surface area contributed by atoms with Gasteiger partial charge in [0.15, 0.2) is 6.04 Å². The summed E-state index contributed by atoms with van der Waals surface area (Å²) in [4.78, 5) is 35.8. The highest BCUT2D eigenvalue weighted by atomic mass is 16.6. The monoisotopic (exact) mass is 523 g/mol. The Bertz CT molecular complexity index is 743. The molecule has 210 valence electrons. The number of esters is 2. The van der Waals surface area contributed by atoms with E-state index in [1.54, 1.807) is 24.3 Å². The van der Waals surface area contributed by atoms with Gasteiger partial charge in [-0.1, -0.05) is 101 Å². The second-order valence-corrected chi connectivity index (χ2v) is 9.19. The lowest BCUT2D eigenvalue weighted by atomic mass is 10.1. The lowest BCUT2D eigenvalue weighted by molar-refractivity contribution is -0.154. The van der Waals surface area contributed by atoms with E-state index in [4.69, 9.17) is 14.2 Å². The molecule has 0 saturated heterocycles. The highest BCUT2D eigenvalue weighted by Gasteiger charge is 2.23. The van der Waals surface area contributed by atoms with Gasteiger partial charge in [-0.3, -0.25) is 4.79 Å². The van der Waals surface area contributed by atoms with Crippen LogP contribution in [0.4, 0.5) is 4.79 Å². The van der Waals surface area contributed by atoms with Crippen molar-refractivity contribution in [2.45, 2.75) is 103 Å². The Morgan fingerprint density at radius 1 is 0.811 bits per heavy atom. The highest BCUT2D eigenvalue weighted by molar-refractivity contribution is 5.81. The van der Waals surface area contributed by atoms with Crippen molar-refractivity contribution in [3.63, 3.8) is 0 Å². The number of carbonyl (C=O) groups excluding carboxylic acids is 3. The van der Waals surface area contributed by atoms with E-state index in [0.717, 1.165) is 24.8 Å². The molecule has 1 aromatic rings. The van der Waals surface area contributed by atoms with Gasteiger partial charge in [0.25, 0.3) is 0 Å². The number of aliphatic hydroxyl groups is 2. The van der Waals surface area contributed by atoms with Crippen LogP contribution in [0.5, 0.6) is 0 Å². The second kappa shape index (κ2) is 21.4. The summed E-state index contributed by atoms with van der Waals surface area (Å²) in [6.45, 7) is 0.772. The molecule has 37 heavy (non-hydrogen) atoms. The Morgan fingerprint density at radius 2 is 1.38 bits per heavy atom. The fourth-order valence-electron chi connectivity index (χ4n) is 3.61. The fraction of sp³-hybridized carbons (Fsp3) is 0.679. The molecule has 1 amide bonds. The minimum atomic E-state index is -1.35. The van der Waals surface area contributed by atoms with Crippen LogP contribution >= 0.6 is 0 Å². The van der Waals surface area contributed by atoms with Gasteiger partial charge in [0, 0.05) is 6.42 Å². The second-order valence-electron chi connectivity index (χ2n) is 9.19. The van der Waals surface area contributed by atoms with Crippen molar-refractivity contribution < 1.29 is 38.8 Å². The number of rotatable bonds is 21. The molecule has 0 radical (unpaired) electrons. The van der Waals surface area contributed by atoms with Gasteiger partial charge in [-0.2, -0.15) is 0 Å². The third-order valence-electron chi connectivity index (χ3n) is 5.81. The van der Waals surface area contributed by atoms with Crippen LogP contribution in [0.15, 0.2) is 30.3 Å². The van der Waals surface area contributed by atoms with E-state index < -0.39 is 43.4 Å². The lowest BCUT2D eigenvalue weighted by Gasteiger charge is -2.17.